The first-order valence-electron chi connectivity index (χ1n) is 4.00. The maximum absolute atomic E-state index is 11.1. The van der Waals surface area contributed by atoms with Crippen LogP contribution in [0, 0.1) is 0 Å². The van der Waals surface area contributed by atoms with Crippen molar-refractivity contribution < 1.29 is 9.90 Å². The lowest BCUT2D eigenvalue weighted by molar-refractivity contribution is -0.134. The van der Waals surface area contributed by atoms with Gasteiger partial charge in [0.15, 0.2) is 0 Å². The highest BCUT2D eigenvalue weighted by atomic mass is 16.3. The molecule has 0 aliphatic rings. The van der Waals surface area contributed by atoms with Gasteiger partial charge in [-0.2, -0.15) is 0 Å². The first kappa shape index (κ1) is 11.2. The van der Waals surface area contributed by atoms with Gasteiger partial charge in [-0.15, -0.1) is 0 Å². The lowest BCUT2D eigenvalue weighted by atomic mass is 10.2. The van der Waals surface area contributed by atoms with Crippen LogP contribution in [0.2, 0.25) is 0 Å². The van der Waals surface area contributed by atoms with E-state index >= 15 is 0 Å². The van der Waals surface area contributed by atoms with Crippen LogP contribution in [0.15, 0.2) is 11.3 Å². The fraction of sp³-hybridized carbons (Fsp3) is 0.667. The van der Waals surface area contributed by atoms with Crippen molar-refractivity contribution in [2.24, 2.45) is 0 Å². The van der Waals surface area contributed by atoms with Gasteiger partial charge >= 0.3 is 0 Å². The molecule has 12 heavy (non-hydrogen) atoms. The zero-order chi connectivity index (χ0) is 9.89. The van der Waals surface area contributed by atoms with Crippen molar-refractivity contribution in [3.05, 3.63) is 11.3 Å². The van der Waals surface area contributed by atoms with E-state index in [1.807, 2.05) is 20.8 Å². The van der Waals surface area contributed by atoms with Crippen LogP contribution in [0.25, 0.3) is 0 Å². The molecule has 0 radical (unpaired) electrons. The van der Waals surface area contributed by atoms with Crippen molar-refractivity contribution in [2.45, 2.75) is 40.8 Å². The Morgan fingerprint density at radius 2 is 1.67 bits per heavy atom. The molecule has 0 aliphatic carbocycles. The Labute approximate surface area is 73.7 Å². The summed E-state index contributed by atoms with van der Waals surface area (Å²) in [6.45, 7) is 8.66. The Bertz CT molecular complexity index is 203. The van der Waals surface area contributed by atoms with Crippen LogP contribution in [-0.4, -0.2) is 22.1 Å². The van der Waals surface area contributed by atoms with Gasteiger partial charge in [0.1, 0.15) is 6.23 Å². The minimum atomic E-state index is -0.752. The Kier molecular flexibility index (Phi) is 3.96. The minimum Gasteiger partial charge on any atom is -0.373 e. The van der Waals surface area contributed by atoms with E-state index < -0.39 is 6.23 Å². The van der Waals surface area contributed by atoms with Crippen molar-refractivity contribution in [1.29, 1.82) is 0 Å². The molecule has 1 unspecified atom stereocenters. The first-order valence-corrected chi connectivity index (χ1v) is 4.00. The molecule has 0 rings (SSSR count). The molecule has 0 saturated heterocycles. The molecular weight excluding hydrogens is 154 g/mol. The number of nitrogens with zero attached hydrogens (tertiary/aromatic N) is 1. The molecule has 3 nitrogen and oxygen atoms in total. The van der Waals surface area contributed by atoms with Crippen molar-refractivity contribution in [3.63, 3.8) is 0 Å². The van der Waals surface area contributed by atoms with Crippen molar-refractivity contribution in [2.75, 3.05) is 0 Å². The summed E-state index contributed by atoms with van der Waals surface area (Å²) in [6.07, 6.45) is -0.752. The van der Waals surface area contributed by atoms with Crippen molar-refractivity contribution in [3.8, 4) is 0 Å². The standard InChI is InChI=1S/C9H17NO2/c1-6(2)7(3)10(8(4)11)9(5)12/h8,11H,1-5H3. The SMILES string of the molecule is CC(=O)N(C(C)=C(C)C)C(C)O. The zero-order valence-corrected chi connectivity index (χ0v) is 8.38. The minimum absolute atomic E-state index is 0.135. The molecule has 70 valence electrons. The van der Waals surface area contributed by atoms with Gasteiger partial charge in [-0.05, 0) is 27.7 Å². The van der Waals surface area contributed by atoms with Crippen LogP contribution in [0.4, 0.5) is 0 Å². The molecule has 0 aromatic rings. The Hall–Kier alpha value is -0.830. The van der Waals surface area contributed by atoms with Crippen molar-refractivity contribution in [1.82, 2.24) is 4.90 Å². The molecule has 1 atom stereocenters. The third kappa shape index (κ3) is 2.66. The molecule has 0 spiro atoms. The smallest absolute Gasteiger partial charge is 0.225 e. The van der Waals surface area contributed by atoms with Gasteiger partial charge in [0.05, 0.1) is 0 Å². The molecule has 1 N–H and O–H groups in total. The topological polar surface area (TPSA) is 40.5 Å². The lowest BCUT2D eigenvalue weighted by Crippen LogP contribution is -2.35. The van der Waals surface area contributed by atoms with E-state index in [-0.39, 0.29) is 5.91 Å². The number of amides is 1. The molecule has 0 heterocycles. The van der Waals surface area contributed by atoms with Gasteiger partial charge in [0.25, 0.3) is 0 Å². The molecule has 0 saturated carbocycles. The number of allylic oxidation sites excluding steroid dienone is 2. The van der Waals surface area contributed by atoms with Crippen LogP contribution < -0.4 is 0 Å². The van der Waals surface area contributed by atoms with Gasteiger partial charge in [-0.3, -0.25) is 9.69 Å². The summed E-state index contributed by atoms with van der Waals surface area (Å²) in [5.74, 6) is -0.135. The summed E-state index contributed by atoms with van der Waals surface area (Å²) in [5.41, 5.74) is 1.85. The number of hydrogen-bond acceptors (Lipinski definition) is 2. The van der Waals surface area contributed by atoms with Crippen LogP contribution in [0.5, 0.6) is 0 Å². The van der Waals surface area contributed by atoms with Crippen LogP contribution in [0.1, 0.15) is 34.6 Å². The summed E-state index contributed by atoms with van der Waals surface area (Å²) in [4.78, 5) is 12.4. The largest absolute Gasteiger partial charge is 0.373 e. The third-order valence-electron chi connectivity index (χ3n) is 1.80. The van der Waals surface area contributed by atoms with Gasteiger partial charge < -0.3 is 5.11 Å². The van der Waals surface area contributed by atoms with E-state index in [1.165, 1.54) is 11.8 Å². The van der Waals surface area contributed by atoms with Gasteiger partial charge in [0.2, 0.25) is 5.91 Å². The normalized spacial score (nSPS) is 12.2. The highest BCUT2D eigenvalue weighted by molar-refractivity contribution is 5.75. The van der Waals surface area contributed by atoms with E-state index in [0.717, 1.165) is 11.3 Å². The quantitative estimate of drug-likeness (QED) is 0.639. The summed E-state index contributed by atoms with van der Waals surface area (Å²) in [7, 11) is 0. The Balaban J connectivity index is 4.77. The number of carbonyl (C=O) groups is 1. The summed E-state index contributed by atoms with van der Waals surface area (Å²) < 4.78 is 0. The lowest BCUT2D eigenvalue weighted by Gasteiger charge is -2.25. The van der Waals surface area contributed by atoms with E-state index in [0.29, 0.717) is 0 Å². The summed E-state index contributed by atoms with van der Waals surface area (Å²) in [6, 6.07) is 0. The predicted octanol–water partition coefficient (Wildman–Crippen LogP) is 1.49. The second kappa shape index (κ2) is 4.26. The van der Waals surface area contributed by atoms with E-state index in [1.54, 1.807) is 6.92 Å². The molecule has 0 fully saturated rings. The molecule has 0 aromatic heterocycles. The molecule has 3 heteroatoms. The summed E-state index contributed by atoms with van der Waals surface area (Å²) in [5, 5.41) is 9.27. The Morgan fingerprint density at radius 3 is 1.75 bits per heavy atom. The number of hydrogen-bond donors (Lipinski definition) is 1. The number of aliphatic hydroxyl groups is 1. The molecule has 0 aromatic carbocycles. The Morgan fingerprint density at radius 1 is 1.25 bits per heavy atom. The van der Waals surface area contributed by atoms with Crippen LogP contribution in [0.3, 0.4) is 0 Å². The highest BCUT2D eigenvalue weighted by Crippen LogP contribution is 2.11. The van der Waals surface area contributed by atoms with E-state index in [9.17, 15) is 9.90 Å². The second-order valence-corrected chi connectivity index (χ2v) is 3.11. The fourth-order valence-corrected chi connectivity index (χ4v) is 1.02. The van der Waals surface area contributed by atoms with E-state index in [2.05, 4.69) is 0 Å². The highest BCUT2D eigenvalue weighted by Gasteiger charge is 2.16. The van der Waals surface area contributed by atoms with E-state index in [4.69, 9.17) is 0 Å². The average molecular weight is 171 g/mol. The van der Waals surface area contributed by atoms with Gasteiger partial charge in [0, 0.05) is 12.6 Å². The monoisotopic (exact) mass is 171 g/mol. The maximum atomic E-state index is 11.1. The number of rotatable bonds is 2. The second-order valence-electron chi connectivity index (χ2n) is 3.11. The third-order valence-corrected chi connectivity index (χ3v) is 1.80. The van der Waals surface area contributed by atoms with Crippen LogP contribution in [-0.2, 0) is 4.79 Å². The van der Waals surface area contributed by atoms with Gasteiger partial charge in [-0.25, -0.2) is 0 Å². The maximum Gasteiger partial charge on any atom is 0.225 e. The predicted molar refractivity (Wildman–Crippen MR) is 48.2 cm³/mol. The molecular formula is C9H17NO2. The first-order chi connectivity index (χ1) is 5.37. The summed E-state index contributed by atoms with van der Waals surface area (Å²) >= 11 is 0. The molecule has 0 bridgehead atoms. The number of carbonyl (C=O) groups excluding carboxylic acids is 1. The zero-order valence-electron chi connectivity index (χ0n) is 8.38. The molecule has 0 aliphatic heterocycles. The fourth-order valence-electron chi connectivity index (χ4n) is 1.02. The number of aliphatic hydroxyl groups excluding tert-OH is 1. The van der Waals surface area contributed by atoms with Gasteiger partial charge in [-0.1, -0.05) is 5.57 Å². The van der Waals surface area contributed by atoms with Crippen molar-refractivity contribution >= 4 is 5.91 Å². The molecule has 1 amide bonds. The van der Waals surface area contributed by atoms with Crippen LogP contribution >= 0.6 is 0 Å². The average Bonchev–Trinajstić information content (AvgIpc) is 1.85.